The molecule has 25 heavy (non-hydrogen) atoms. The van der Waals surface area contributed by atoms with E-state index >= 15 is 0 Å². The molecule has 1 aromatic carbocycles. The van der Waals surface area contributed by atoms with E-state index in [9.17, 15) is 4.79 Å². The highest BCUT2D eigenvalue weighted by Gasteiger charge is 2.18. The second-order valence-electron chi connectivity index (χ2n) is 6.53. The molecule has 0 aliphatic carbocycles. The molecule has 0 unspecified atom stereocenters. The molecule has 6 heteroatoms. The maximum atomic E-state index is 12.4. The van der Waals surface area contributed by atoms with Gasteiger partial charge in [0.15, 0.2) is 0 Å². The number of nitrogens with zero attached hydrogens (tertiary/aromatic N) is 4. The lowest BCUT2D eigenvalue weighted by Gasteiger charge is -2.30. The van der Waals surface area contributed by atoms with Crippen LogP contribution in [0.3, 0.4) is 0 Å². The van der Waals surface area contributed by atoms with Gasteiger partial charge in [0, 0.05) is 24.7 Å². The molecular formula is C19H22N4OS. The van der Waals surface area contributed by atoms with E-state index in [0.29, 0.717) is 11.5 Å². The van der Waals surface area contributed by atoms with Crippen molar-refractivity contribution in [3.8, 4) is 0 Å². The summed E-state index contributed by atoms with van der Waals surface area (Å²) in [5, 5.41) is 5.41. The lowest BCUT2D eigenvalue weighted by molar-refractivity contribution is 0.681. The number of hydrogen-bond acceptors (Lipinski definition) is 5. The molecule has 0 saturated heterocycles. The molecule has 1 aliphatic heterocycles. The molecule has 0 radical (unpaired) electrons. The Bertz CT molecular complexity index is 946. The van der Waals surface area contributed by atoms with Crippen LogP contribution in [0.15, 0.2) is 35.1 Å². The van der Waals surface area contributed by atoms with Crippen LogP contribution >= 0.6 is 11.3 Å². The first-order valence-electron chi connectivity index (χ1n) is 8.96. The molecule has 130 valence electrons. The van der Waals surface area contributed by atoms with Crippen LogP contribution in [0.1, 0.15) is 42.5 Å². The van der Waals surface area contributed by atoms with Crippen molar-refractivity contribution in [2.75, 3.05) is 11.4 Å². The van der Waals surface area contributed by atoms with Crippen molar-refractivity contribution < 1.29 is 0 Å². The molecule has 2 aromatic heterocycles. The van der Waals surface area contributed by atoms with Gasteiger partial charge < -0.3 is 4.90 Å². The highest BCUT2D eigenvalue weighted by molar-refractivity contribution is 7.16. The van der Waals surface area contributed by atoms with Gasteiger partial charge in [0.05, 0.1) is 12.2 Å². The molecule has 0 N–H and O–H groups in total. The van der Waals surface area contributed by atoms with Crippen molar-refractivity contribution in [3.05, 3.63) is 57.0 Å². The van der Waals surface area contributed by atoms with Crippen molar-refractivity contribution in [2.24, 2.45) is 0 Å². The zero-order chi connectivity index (χ0) is 17.2. The Hall–Kier alpha value is -2.21. The molecule has 0 atom stereocenters. The molecule has 4 rings (SSSR count). The average Bonchev–Trinajstić information content (AvgIpc) is 3.04. The number of anilines is 1. The van der Waals surface area contributed by atoms with E-state index in [1.165, 1.54) is 27.1 Å². The molecule has 0 amide bonds. The summed E-state index contributed by atoms with van der Waals surface area (Å²) < 4.78 is 1.45. The molecule has 0 bridgehead atoms. The molecule has 0 spiro atoms. The summed E-state index contributed by atoms with van der Waals surface area (Å²) in [6.45, 7) is 3.83. The van der Waals surface area contributed by atoms with Crippen LogP contribution in [-0.2, 0) is 19.4 Å². The molecule has 1 aliphatic rings. The third-order valence-electron chi connectivity index (χ3n) is 4.64. The van der Waals surface area contributed by atoms with Gasteiger partial charge in [0.25, 0.3) is 5.56 Å². The van der Waals surface area contributed by atoms with Crippen LogP contribution < -0.4 is 10.5 Å². The predicted molar refractivity (Wildman–Crippen MR) is 102 cm³/mol. The summed E-state index contributed by atoms with van der Waals surface area (Å²) in [5.74, 6) is 0. The van der Waals surface area contributed by atoms with Crippen molar-refractivity contribution >= 4 is 22.0 Å². The lowest BCUT2D eigenvalue weighted by atomic mass is 10.0. The van der Waals surface area contributed by atoms with Crippen molar-refractivity contribution in [1.82, 2.24) is 14.6 Å². The Labute approximate surface area is 151 Å². The van der Waals surface area contributed by atoms with Gasteiger partial charge in [0.1, 0.15) is 5.01 Å². The molecular weight excluding hydrogens is 332 g/mol. The Morgan fingerprint density at radius 1 is 1.28 bits per heavy atom. The van der Waals surface area contributed by atoms with E-state index < -0.39 is 0 Å². The topological polar surface area (TPSA) is 50.5 Å². The van der Waals surface area contributed by atoms with Gasteiger partial charge in [-0.15, -0.1) is 0 Å². The van der Waals surface area contributed by atoms with Gasteiger partial charge in [-0.25, -0.2) is 4.98 Å². The van der Waals surface area contributed by atoms with Crippen LogP contribution in [0.25, 0.3) is 4.96 Å². The Morgan fingerprint density at radius 2 is 2.16 bits per heavy atom. The van der Waals surface area contributed by atoms with Gasteiger partial charge in [-0.3, -0.25) is 4.79 Å². The second kappa shape index (κ2) is 6.96. The number of aromatic nitrogens is 3. The minimum Gasteiger partial charge on any atom is -0.365 e. The van der Waals surface area contributed by atoms with Crippen LogP contribution in [-0.4, -0.2) is 21.1 Å². The third kappa shape index (κ3) is 3.31. The normalized spacial score (nSPS) is 14.0. The van der Waals surface area contributed by atoms with Crippen LogP contribution in [0.5, 0.6) is 0 Å². The fourth-order valence-corrected chi connectivity index (χ4v) is 4.34. The summed E-state index contributed by atoms with van der Waals surface area (Å²) in [6.07, 6.45) is 5.39. The lowest BCUT2D eigenvalue weighted by Crippen LogP contribution is -2.30. The third-order valence-corrected chi connectivity index (χ3v) is 5.61. The van der Waals surface area contributed by atoms with Gasteiger partial charge >= 0.3 is 0 Å². The monoisotopic (exact) mass is 354 g/mol. The minimum absolute atomic E-state index is 0.0794. The largest absolute Gasteiger partial charge is 0.365 e. The smallest absolute Gasteiger partial charge is 0.275 e. The number of unbranched alkanes of at least 4 members (excludes halogenated alkanes) is 1. The fourth-order valence-electron chi connectivity index (χ4n) is 3.38. The van der Waals surface area contributed by atoms with E-state index in [1.807, 2.05) is 0 Å². The molecule has 0 saturated carbocycles. The van der Waals surface area contributed by atoms with Crippen molar-refractivity contribution in [1.29, 1.82) is 0 Å². The fraction of sp³-hybridized carbons (Fsp3) is 0.421. The van der Waals surface area contributed by atoms with Gasteiger partial charge in [0.2, 0.25) is 4.96 Å². The molecule has 3 aromatic rings. The quantitative estimate of drug-likeness (QED) is 0.704. The summed E-state index contributed by atoms with van der Waals surface area (Å²) >= 11 is 1.54. The Balaban J connectivity index is 1.63. The second-order valence-corrected chi connectivity index (χ2v) is 7.57. The number of benzene rings is 1. The first-order valence-corrected chi connectivity index (χ1v) is 9.78. The molecule has 3 heterocycles. The molecule has 0 fully saturated rings. The number of fused-ring (bicyclic) bond motifs is 2. The summed E-state index contributed by atoms with van der Waals surface area (Å²) in [5.41, 5.74) is 3.39. The number of para-hydroxylation sites is 1. The highest BCUT2D eigenvalue weighted by atomic mass is 32.1. The number of hydrogen-bond donors (Lipinski definition) is 0. The maximum Gasteiger partial charge on any atom is 0.275 e. The van der Waals surface area contributed by atoms with E-state index in [-0.39, 0.29) is 5.56 Å². The first kappa shape index (κ1) is 16.3. The molecule has 5 nitrogen and oxygen atoms in total. The van der Waals surface area contributed by atoms with Gasteiger partial charge in [-0.1, -0.05) is 42.9 Å². The summed E-state index contributed by atoms with van der Waals surface area (Å²) in [7, 11) is 0. The van der Waals surface area contributed by atoms with Crippen molar-refractivity contribution in [3.63, 3.8) is 0 Å². The van der Waals surface area contributed by atoms with Crippen LogP contribution in [0.4, 0.5) is 5.69 Å². The van der Waals surface area contributed by atoms with Crippen LogP contribution in [0.2, 0.25) is 0 Å². The highest BCUT2D eigenvalue weighted by Crippen LogP contribution is 2.27. The number of aryl methyl sites for hydroxylation is 2. The number of rotatable bonds is 5. The first-order chi connectivity index (χ1) is 12.2. The minimum atomic E-state index is -0.0794. The zero-order valence-electron chi connectivity index (χ0n) is 14.4. The standard InChI is InChI=1S/C19H22N4OS/c1-2-3-10-17-21-23-18(24)12-15(20-19(23)25-17)13-22-11-6-8-14-7-4-5-9-16(14)22/h4-5,7,9,12H,2-3,6,8,10-11,13H2,1H3. The predicted octanol–water partition coefficient (Wildman–Crippen LogP) is 3.45. The van der Waals surface area contributed by atoms with Crippen LogP contribution in [0, 0.1) is 0 Å². The van der Waals surface area contributed by atoms with E-state index in [1.54, 1.807) is 6.07 Å². The van der Waals surface area contributed by atoms with E-state index in [0.717, 1.165) is 49.4 Å². The van der Waals surface area contributed by atoms with E-state index in [4.69, 9.17) is 4.98 Å². The van der Waals surface area contributed by atoms with Gasteiger partial charge in [-0.05, 0) is 30.9 Å². The average molecular weight is 354 g/mol. The van der Waals surface area contributed by atoms with E-state index in [2.05, 4.69) is 41.2 Å². The summed E-state index contributed by atoms with van der Waals surface area (Å²) in [4.78, 5) is 20.2. The maximum absolute atomic E-state index is 12.4. The Kier molecular flexibility index (Phi) is 4.53. The zero-order valence-corrected chi connectivity index (χ0v) is 15.3. The SMILES string of the molecule is CCCCc1nn2c(=O)cc(CN3CCCc4ccccc43)nc2s1. The summed E-state index contributed by atoms with van der Waals surface area (Å²) in [6, 6.07) is 10.2. The Morgan fingerprint density at radius 3 is 3.04 bits per heavy atom. The van der Waals surface area contributed by atoms with Crippen molar-refractivity contribution in [2.45, 2.75) is 45.6 Å². The van der Waals surface area contributed by atoms with Gasteiger partial charge in [-0.2, -0.15) is 9.61 Å².